The van der Waals surface area contributed by atoms with Crippen molar-refractivity contribution in [2.24, 2.45) is 0 Å². The van der Waals surface area contributed by atoms with Crippen molar-refractivity contribution in [3.63, 3.8) is 0 Å². The van der Waals surface area contributed by atoms with Gasteiger partial charge in [-0.1, -0.05) is 6.92 Å². The summed E-state index contributed by atoms with van der Waals surface area (Å²) in [4.78, 5) is 4.60. The second-order valence-electron chi connectivity index (χ2n) is 5.12. The second-order valence-corrected chi connectivity index (χ2v) is 6.06. The van der Waals surface area contributed by atoms with Gasteiger partial charge in [-0.3, -0.25) is 4.68 Å². The molecule has 0 aliphatic rings. The van der Waals surface area contributed by atoms with Gasteiger partial charge in [-0.2, -0.15) is 5.10 Å². The van der Waals surface area contributed by atoms with E-state index < -0.39 is 0 Å². The molecule has 0 fully saturated rings. The lowest BCUT2D eigenvalue weighted by Crippen LogP contribution is -2.26. The zero-order valence-corrected chi connectivity index (χ0v) is 13.6. The van der Waals surface area contributed by atoms with Gasteiger partial charge in [-0.25, -0.2) is 4.98 Å². The van der Waals surface area contributed by atoms with Crippen molar-refractivity contribution in [3.05, 3.63) is 33.5 Å². The van der Waals surface area contributed by atoms with Gasteiger partial charge in [0.1, 0.15) is 0 Å². The van der Waals surface area contributed by atoms with E-state index in [2.05, 4.69) is 59.2 Å². The fourth-order valence-corrected chi connectivity index (χ4v) is 3.19. The van der Waals surface area contributed by atoms with Crippen LogP contribution < -0.4 is 5.32 Å². The topological polar surface area (TPSA) is 42.7 Å². The van der Waals surface area contributed by atoms with Crippen molar-refractivity contribution in [1.29, 1.82) is 0 Å². The highest BCUT2D eigenvalue weighted by molar-refractivity contribution is 7.09. The van der Waals surface area contributed by atoms with Gasteiger partial charge in [0, 0.05) is 24.0 Å². The van der Waals surface area contributed by atoms with Crippen molar-refractivity contribution >= 4 is 11.3 Å². The first-order valence-corrected chi connectivity index (χ1v) is 8.20. The monoisotopic (exact) mass is 292 g/mol. The number of nitrogens with one attached hydrogen (secondary N) is 1. The second kappa shape index (κ2) is 6.99. The lowest BCUT2D eigenvalue weighted by Gasteiger charge is -2.18. The van der Waals surface area contributed by atoms with Crippen LogP contribution in [0.3, 0.4) is 0 Å². The quantitative estimate of drug-likeness (QED) is 0.852. The van der Waals surface area contributed by atoms with E-state index in [9.17, 15) is 0 Å². The first kappa shape index (κ1) is 15.2. The molecule has 0 aliphatic carbocycles. The van der Waals surface area contributed by atoms with Crippen LogP contribution in [0.15, 0.2) is 11.4 Å². The Morgan fingerprint density at radius 1 is 1.30 bits per heavy atom. The average Bonchev–Trinajstić information content (AvgIpc) is 3.00. The zero-order chi connectivity index (χ0) is 14.5. The Morgan fingerprint density at radius 2 is 2.10 bits per heavy atom. The van der Waals surface area contributed by atoms with Gasteiger partial charge in [0.2, 0.25) is 0 Å². The summed E-state index contributed by atoms with van der Waals surface area (Å²) in [6.45, 7) is 10.4. The number of nitrogens with zero attached hydrogens (tertiary/aromatic N) is 3. The van der Waals surface area contributed by atoms with Crippen molar-refractivity contribution < 1.29 is 0 Å². The number of hydrogen-bond donors (Lipinski definition) is 1. The number of hydrogen-bond acceptors (Lipinski definition) is 4. The maximum atomic E-state index is 4.60. The lowest BCUT2D eigenvalue weighted by molar-refractivity contribution is 0.477. The fraction of sp³-hybridized carbons (Fsp3) is 0.600. The van der Waals surface area contributed by atoms with Crippen LogP contribution in [-0.4, -0.2) is 21.3 Å². The van der Waals surface area contributed by atoms with E-state index in [1.165, 1.54) is 10.7 Å². The molecule has 0 aliphatic heterocycles. The van der Waals surface area contributed by atoms with E-state index >= 15 is 0 Å². The number of thiazole rings is 1. The van der Waals surface area contributed by atoms with Crippen LogP contribution in [0.2, 0.25) is 0 Å². The lowest BCUT2D eigenvalue weighted by atomic mass is 10.1. The third-order valence-corrected chi connectivity index (χ3v) is 4.26. The van der Waals surface area contributed by atoms with Gasteiger partial charge in [0.25, 0.3) is 0 Å². The van der Waals surface area contributed by atoms with Crippen molar-refractivity contribution in [2.45, 2.75) is 53.1 Å². The van der Waals surface area contributed by atoms with Gasteiger partial charge in [-0.05, 0) is 39.8 Å². The molecule has 1 atom stereocenters. The molecule has 0 aromatic carbocycles. The minimum atomic E-state index is 0.293. The predicted molar refractivity (Wildman–Crippen MR) is 84.2 cm³/mol. The summed E-state index contributed by atoms with van der Waals surface area (Å²) >= 11 is 1.75. The van der Waals surface area contributed by atoms with Crippen LogP contribution >= 0.6 is 11.3 Å². The molecule has 2 aromatic heterocycles. The van der Waals surface area contributed by atoms with Crippen molar-refractivity contribution in [1.82, 2.24) is 20.1 Å². The standard InChI is InChI=1S/C15H24N4S/c1-5-7-16-13(9-15-17-12(4)10-20-15)14-8-11(3)18-19(14)6-2/h8,10,13,16H,5-7,9H2,1-4H3. The van der Waals surface area contributed by atoms with E-state index in [1.54, 1.807) is 11.3 Å². The fourth-order valence-electron chi connectivity index (χ4n) is 2.37. The van der Waals surface area contributed by atoms with Crippen LogP contribution in [0.5, 0.6) is 0 Å². The first-order chi connectivity index (χ1) is 9.63. The summed E-state index contributed by atoms with van der Waals surface area (Å²) in [5, 5.41) is 11.5. The Balaban J connectivity index is 2.21. The molecule has 0 spiro atoms. The Labute approximate surface area is 125 Å². The SMILES string of the molecule is CCCNC(Cc1nc(C)cs1)c1cc(C)nn1CC. The zero-order valence-electron chi connectivity index (χ0n) is 12.8. The third kappa shape index (κ3) is 3.67. The molecule has 2 rings (SSSR count). The molecule has 0 bridgehead atoms. The number of aryl methyl sites for hydroxylation is 3. The minimum Gasteiger partial charge on any atom is -0.308 e. The predicted octanol–water partition coefficient (Wildman–Crippen LogP) is 3.26. The van der Waals surface area contributed by atoms with Gasteiger partial charge in [0.15, 0.2) is 0 Å². The Bertz CT molecular complexity index is 544. The Kier molecular flexibility index (Phi) is 5.31. The van der Waals surface area contributed by atoms with E-state index in [1.807, 2.05) is 0 Å². The van der Waals surface area contributed by atoms with E-state index in [0.29, 0.717) is 6.04 Å². The molecule has 0 radical (unpaired) electrons. The molecular formula is C15H24N4S. The summed E-state index contributed by atoms with van der Waals surface area (Å²) in [5.41, 5.74) is 3.46. The average molecular weight is 292 g/mol. The molecule has 1 unspecified atom stereocenters. The molecule has 5 heteroatoms. The van der Waals surface area contributed by atoms with Crippen LogP contribution in [0.25, 0.3) is 0 Å². The smallest absolute Gasteiger partial charge is 0.0947 e. The van der Waals surface area contributed by atoms with Crippen LogP contribution in [0, 0.1) is 13.8 Å². The van der Waals surface area contributed by atoms with E-state index in [0.717, 1.165) is 37.3 Å². The highest BCUT2D eigenvalue weighted by atomic mass is 32.1. The highest BCUT2D eigenvalue weighted by Crippen LogP contribution is 2.22. The molecule has 0 amide bonds. The summed E-state index contributed by atoms with van der Waals surface area (Å²) < 4.78 is 2.10. The summed E-state index contributed by atoms with van der Waals surface area (Å²) in [5.74, 6) is 0. The Hall–Kier alpha value is -1.20. The summed E-state index contributed by atoms with van der Waals surface area (Å²) in [6.07, 6.45) is 2.07. The van der Waals surface area contributed by atoms with Gasteiger partial charge in [-0.15, -0.1) is 11.3 Å². The largest absolute Gasteiger partial charge is 0.308 e. The van der Waals surface area contributed by atoms with Crippen molar-refractivity contribution in [2.75, 3.05) is 6.54 Å². The van der Waals surface area contributed by atoms with Crippen LogP contribution in [0.4, 0.5) is 0 Å². The maximum absolute atomic E-state index is 4.60. The molecule has 2 heterocycles. The molecule has 0 saturated carbocycles. The van der Waals surface area contributed by atoms with Gasteiger partial charge >= 0.3 is 0 Å². The molecule has 20 heavy (non-hydrogen) atoms. The highest BCUT2D eigenvalue weighted by Gasteiger charge is 2.18. The molecular weight excluding hydrogens is 268 g/mol. The normalized spacial score (nSPS) is 12.8. The van der Waals surface area contributed by atoms with Gasteiger partial charge in [0.05, 0.1) is 22.4 Å². The summed E-state index contributed by atoms with van der Waals surface area (Å²) in [7, 11) is 0. The van der Waals surface area contributed by atoms with Crippen molar-refractivity contribution in [3.8, 4) is 0 Å². The first-order valence-electron chi connectivity index (χ1n) is 7.32. The Morgan fingerprint density at radius 3 is 2.70 bits per heavy atom. The molecule has 1 N–H and O–H groups in total. The maximum Gasteiger partial charge on any atom is 0.0947 e. The van der Waals surface area contributed by atoms with Crippen LogP contribution in [0.1, 0.15) is 48.4 Å². The molecule has 2 aromatic rings. The number of aromatic nitrogens is 3. The van der Waals surface area contributed by atoms with E-state index in [-0.39, 0.29) is 0 Å². The molecule has 110 valence electrons. The summed E-state index contributed by atoms with van der Waals surface area (Å²) in [6, 6.07) is 2.48. The third-order valence-electron chi connectivity index (χ3n) is 3.28. The molecule has 0 saturated heterocycles. The number of rotatable bonds is 7. The van der Waals surface area contributed by atoms with Crippen LogP contribution in [-0.2, 0) is 13.0 Å². The van der Waals surface area contributed by atoms with Gasteiger partial charge < -0.3 is 5.32 Å². The molecule has 4 nitrogen and oxygen atoms in total. The minimum absolute atomic E-state index is 0.293. The van der Waals surface area contributed by atoms with E-state index in [4.69, 9.17) is 0 Å².